The molecule has 0 saturated carbocycles. The normalized spacial score (nSPS) is 11.8. The Balaban J connectivity index is 1.97. The highest BCUT2D eigenvalue weighted by Gasteiger charge is 2.25. The molecule has 20 nitrogen and oxygen atoms in total. The fraction of sp³-hybridized carbons (Fsp3) is 0.417. The van der Waals surface area contributed by atoms with Crippen molar-refractivity contribution < 1.29 is 37.9 Å². The van der Waals surface area contributed by atoms with Crippen LogP contribution in [0.3, 0.4) is 0 Å². The minimum absolute atomic E-state index is 0.136. The number of nitrogens with zero attached hydrogens (tertiary/aromatic N) is 4. The van der Waals surface area contributed by atoms with E-state index in [9.17, 15) is 0 Å². The molecule has 68 heavy (non-hydrogen) atoms. The minimum Gasteiger partial charge on any atom is -0.491 e. The van der Waals surface area contributed by atoms with Crippen LogP contribution in [0.25, 0.3) is 0 Å². The Kier molecular flexibility index (Phi) is 20.2. The minimum atomic E-state index is -0.136. The van der Waals surface area contributed by atoms with E-state index in [-0.39, 0.29) is 75.9 Å². The zero-order chi connectivity index (χ0) is 49.0. The van der Waals surface area contributed by atoms with Crippen molar-refractivity contribution in [3.63, 3.8) is 0 Å². The third kappa shape index (κ3) is 15.5. The fourth-order valence-electron chi connectivity index (χ4n) is 7.80. The number of hydrogen-bond donors (Lipinski definition) is 8. The van der Waals surface area contributed by atoms with Crippen LogP contribution >= 0.6 is 0 Å². The Morgan fingerprint density at radius 2 is 0.500 bits per heavy atom. The van der Waals surface area contributed by atoms with Gasteiger partial charge in [0.1, 0.15) is 49.4 Å². The number of guanidine groups is 4. The van der Waals surface area contributed by atoms with E-state index in [0.717, 1.165) is 0 Å². The summed E-state index contributed by atoms with van der Waals surface area (Å²) in [7, 11) is 0. The summed E-state index contributed by atoms with van der Waals surface area (Å²) in [6.07, 6.45) is 0.903. The summed E-state index contributed by atoms with van der Waals surface area (Å²) in [5.41, 5.74) is 55.9. The van der Waals surface area contributed by atoms with Gasteiger partial charge in [0.25, 0.3) is 0 Å². The van der Waals surface area contributed by atoms with Crippen molar-refractivity contribution in [2.24, 2.45) is 65.8 Å². The topological polar surface area (TPSA) is 331 Å². The summed E-state index contributed by atoms with van der Waals surface area (Å²) in [4.78, 5) is 18.1. The Morgan fingerprint density at radius 1 is 0.324 bits per heavy atom. The van der Waals surface area contributed by atoms with Gasteiger partial charge in [-0.05, 0) is 76.2 Å². The van der Waals surface area contributed by atoms with Gasteiger partial charge >= 0.3 is 0 Å². The Morgan fingerprint density at radius 3 is 0.647 bits per heavy atom. The first kappa shape index (κ1) is 52.0. The zero-order valence-electron chi connectivity index (χ0n) is 39.6. The summed E-state index contributed by atoms with van der Waals surface area (Å²) in [5.74, 6) is 1.70. The van der Waals surface area contributed by atoms with E-state index in [4.69, 9.17) is 83.8 Å². The highest BCUT2D eigenvalue weighted by atomic mass is 16.5. The standard InChI is InChI=1S/C48H68N12O8/c1-5-61-9-13-65-41-29-17-31-23-38(58-46(51)52)25-33(42(31)66-14-10-62-6-2)19-35-27-40(60-48(55)56)28-36(44(35)68-16-12-64-8-4)20-34-26-39(59-47(53)54)24-32(43(34)67-15-11-63-7-3)18-30(41)22-37(21-29)57-45(49)50/h21-28H,5-20H2,1-4H3,(H4,49,50,57)(H4,51,52,58)(H4,53,54,59)(H4,55,56,60). The van der Waals surface area contributed by atoms with Crippen LogP contribution in [0.1, 0.15) is 72.2 Å². The van der Waals surface area contributed by atoms with Crippen LogP contribution in [-0.4, -0.2) is 103 Å². The maximum atomic E-state index is 6.71. The number of hydrogen-bond acceptors (Lipinski definition) is 12. The van der Waals surface area contributed by atoms with Gasteiger partial charge in [-0.2, -0.15) is 0 Å². The third-order valence-corrected chi connectivity index (χ3v) is 10.2. The summed E-state index contributed by atoms with van der Waals surface area (Å²) in [6.45, 7) is 11.9. The molecular weight excluding hydrogens is 873 g/mol. The van der Waals surface area contributed by atoms with E-state index in [0.29, 0.717) is 143 Å². The van der Waals surface area contributed by atoms with Crippen molar-refractivity contribution in [1.29, 1.82) is 0 Å². The molecular formula is C48H68N12O8. The van der Waals surface area contributed by atoms with E-state index in [1.165, 1.54) is 0 Å². The predicted molar refractivity (Wildman–Crippen MR) is 267 cm³/mol. The molecule has 0 fully saturated rings. The second kappa shape index (κ2) is 26.4. The quantitative estimate of drug-likeness (QED) is 0.0249. The largest absolute Gasteiger partial charge is 0.491 e. The monoisotopic (exact) mass is 941 g/mol. The van der Waals surface area contributed by atoms with E-state index in [2.05, 4.69) is 20.0 Å². The molecule has 0 unspecified atom stereocenters. The lowest BCUT2D eigenvalue weighted by Crippen LogP contribution is -2.22. The van der Waals surface area contributed by atoms with Crippen molar-refractivity contribution in [2.45, 2.75) is 53.4 Å². The maximum absolute atomic E-state index is 6.71. The number of fused-ring (bicyclic) bond motifs is 8. The molecule has 5 rings (SSSR count). The second-order valence-electron chi connectivity index (χ2n) is 15.4. The van der Waals surface area contributed by atoms with Gasteiger partial charge in [-0.15, -0.1) is 0 Å². The van der Waals surface area contributed by atoms with Crippen LogP contribution in [0.4, 0.5) is 22.7 Å². The second-order valence-corrected chi connectivity index (χ2v) is 15.4. The molecule has 16 N–H and O–H groups in total. The van der Waals surface area contributed by atoms with Crippen molar-refractivity contribution in [3.05, 3.63) is 93.0 Å². The van der Waals surface area contributed by atoms with E-state index < -0.39 is 0 Å². The SMILES string of the molecule is CCOCCOc1c2cc(N=C(N)N)cc1Cc1cc(N=C(N)N)cc(c1OCCOCC)Cc1cc(N=C(N)N)cc(c1OCCOCC)Cc1cc(N=C(N)N)cc(c1OCCOCC)C2. The van der Waals surface area contributed by atoms with Crippen molar-refractivity contribution in [1.82, 2.24) is 0 Å². The van der Waals surface area contributed by atoms with Crippen molar-refractivity contribution in [3.8, 4) is 23.0 Å². The number of benzene rings is 4. The molecule has 0 atom stereocenters. The highest BCUT2D eigenvalue weighted by molar-refractivity contribution is 5.82. The fourth-order valence-corrected chi connectivity index (χ4v) is 7.80. The van der Waals surface area contributed by atoms with Gasteiger partial charge in [0, 0.05) is 96.6 Å². The first-order valence-corrected chi connectivity index (χ1v) is 22.7. The molecule has 4 aromatic carbocycles. The van der Waals surface area contributed by atoms with Gasteiger partial charge in [0.2, 0.25) is 0 Å². The lowest BCUT2D eigenvalue weighted by molar-refractivity contribution is 0.108. The van der Waals surface area contributed by atoms with E-state index >= 15 is 0 Å². The molecule has 0 aromatic heterocycles. The van der Waals surface area contributed by atoms with Crippen LogP contribution in [0.5, 0.6) is 23.0 Å². The molecule has 20 heteroatoms. The van der Waals surface area contributed by atoms with Gasteiger partial charge in [-0.3, -0.25) is 0 Å². The predicted octanol–water partition coefficient (Wildman–Crippen LogP) is 3.64. The Labute approximate surface area is 398 Å². The maximum Gasteiger partial charge on any atom is 0.191 e. The van der Waals surface area contributed by atoms with Crippen molar-refractivity contribution >= 4 is 46.6 Å². The zero-order valence-corrected chi connectivity index (χ0v) is 39.6. The third-order valence-electron chi connectivity index (χ3n) is 10.2. The number of rotatable bonds is 24. The summed E-state index contributed by atoms with van der Waals surface area (Å²) in [5, 5.41) is 0. The highest BCUT2D eigenvalue weighted by Crippen LogP contribution is 2.43. The van der Waals surface area contributed by atoms with Gasteiger partial charge in [0.05, 0.1) is 49.2 Å². The summed E-state index contributed by atoms with van der Waals surface area (Å²) in [6, 6.07) is 15.0. The van der Waals surface area contributed by atoms with E-state index in [1.54, 1.807) is 0 Å². The molecule has 8 bridgehead atoms. The van der Waals surface area contributed by atoms with Crippen molar-refractivity contribution in [2.75, 3.05) is 79.3 Å². The van der Waals surface area contributed by atoms with E-state index in [1.807, 2.05) is 76.2 Å². The number of ether oxygens (including phenoxy) is 8. The van der Waals surface area contributed by atoms with Crippen LogP contribution in [0, 0.1) is 0 Å². The smallest absolute Gasteiger partial charge is 0.191 e. The first-order chi connectivity index (χ1) is 32.8. The average molecular weight is 941 g/mol. The lowest BCUT2D eigenvalue weighted by atomic mass is 9.90. The molecule has 1 aliphatic rings. The molecule has 4 aromatic rings. The van der Waals surface area contributed by atoms with Gasteiger partial charge < -0.3 is 83.8 Å². The summed E-state index contributed by atoms with van der Waals surface area (Å²) < 4.78 is 49.8. The van der Waals surface area contributed by atoms with Gasteiger partial charge in [-0.25, -0.2) is 20.0 Å². The molecule has 368 valence electrons. The molecule has 0 aliphatic heterocycles. The Hall–Kier alpha value is -7.00. The molecule has 0 amide bonds. The Bertz CT molecular complexity index is 2000. The summed E-state index contributed by atoms with van der Waals surface area (Å²) >= 11 is 0. The lowest BCUT2D eigenvalue weighted by Gasteiger charge is -2.24. The molecule has 0 saturated heterocycles. The van der Waals surface area contributed by atoms with Crippen LogP contribution in [-0.2, 0) is 44.6 Å². The van der Waals surface area contributed by atoms with Gasteiger partial charge in [0.15, 0.2) is 23.8 Å². The number of aliphatic imine (C=N–C) groups is 4. The van der Waals surface area contributed by atoms with Gasteiger partial charge in [-0.1, -0.05) is 0 Å². The first-order valence-electron chi connectivity index (χ1n) is 22.7. The molecule has 1 aliphatic carbocycles. The molecule has 0 heterocycles. The van der Waals surface area contributed by atoms with Crippen LogP contribution in [0.15, 0.2) is 68.5 Å². The van der Waals surface area contributed by atoms with Crippen LogP contribution < -0.4 is 64.8 Å². The number of nitrogens with two attached hydrogens (primary N) is 8. The molecule has 0 radical (unpaired) electrons. The van der Waals surface area contributed by atoms with Crippen LogP contribution in [0.2, 0.25) is 0 Å². The molecule has 0 spiro atoms. The average Bonchev–Trinajstić information content (AvgIpc) is 3.26.